The van der Waals surface area contributed by atoms with E-state index in [-0.39, 0.29) is 5.41 Å². The number of nitrogens with zero attached hydrogens (tertiary/aromatic N) is 3. The SMILES string of the molecule is CC1(C)C2=C(C=CCC2)C2=C1C1CC(N(C3C=CC4C(C3)[C@@H]4N3C4=C(CCCC4)Sc4ccccc43)C3CC=C(C4=CC5=C(CC4)N(c4ccccc4)C4=CCCCC4S5)CC3)C1C=C2. The van der Waals surface area contributed by atoms with Crippen molar-refractivity contribution in [1.82, 2.24) is 4.90 Å². The van der Waals surface area contributed by atoms with Crippen molar-refractivity contribution in [2.75, 3.05) is 9.80 Å². The van der Waals surface area contributed by atoms with Gasteiger partial charge in [-0.1, -0.05) is 110 Å². The van der Waals surface area contributed by atoms with Gasteiger partial charge in [0, 0.05) is 78.2 Å². The summed E-state index contributed by atoms with van der Waals surface area (Å²) < 4.78 is 0. The molecule has 0 spiro atoms. The van der Waals surface area contributed by atoms with Crippen LogP contribution in [0.1, 0.15) is 117 Å². The normalized spacial score (nSPS) is 34.9. The van der Waals surface area contributed by atoms with Gasteiger partial charge < -0.3 is 9.80 Å². The molecule has 0 bridgehead atoms. The second-order valence-corrected chi connectivity index (χ2v) is 24.4. The van der Waals surface area contributed by atoms with Crippen LogP contribution in [0.5, 0.6) is 0 Å². The van der Waals surface area contributed by atoms with Crippen molar-refractivity contribution < 1.29 is 0 Å². The van der Waals surface area contributed by atoms with Crippen molar-refractivity contribution >= 4 is 34.9 Å². The molecule has 65 heavy (non-hydrogen) atoms. The summed E-state index contributed by atoms with van der Waals surface area (Å²) in [6.45, 7) is 5.13. The quantitative estimate of drug-likeness (QED) is 0.267. The minimum atomic E-state index is 0.183. The van der Waals surface area contributed by atoms with E-state index >= 15 is 0 Å². The Bertz CT molecular complexity index is 2680. The zero-order valence-electron chi connectivity index (χ0n) is 38.6. The predicted molar refractivity (Wildman–Crippen MR) is 273 cm³/mol. The van der Waals surface area contributed by atoms with Crippen LogP contribution in [0.4, 0.5) is 11.4 Å². The van der Waals surface area contributed by atoms with E-state index in [4.69, 9.17) is 0 Å². The maximum Gasteiger partial charge on any atom is 0.0553 e. The molecule has 0 aromatic heterocycles. The lowest BCUT2D eigenvalue weighted by Crippen LogP contribution is -2.60. The number of fused-ring (bicyclic) bond motifs is 6. The molecular weight excluding hydrogens is 827 g/mol. The van der Waals surface area contributed by atoms with Crippen LogP contribution < -0.4 is 9.80 Å². The van der Waals surface area contributed by atoms with Crippen LogP contribution in [0.25, 0.3) is 0 Å². The molecule has 2 aromatic rings. The lowest BCUT2D eigenvalue weighted by Gasteiger charge is -2.57. The molecular formula is C60H65N3S2. The van der Waals surface area contributed by atoms with Gasteiger partial charge in [0.1, 0.15) is 0 Å². The van der Waals surface area contributed by atoms with E-state index in [0.29, 0.717) is 47.2 Å². The van der Waals surface area contributed by atoms with E-state index < -0.39 is 0 Å². The molecule has 2 saturated carbocycles. The molecule has 10 aliphatic carbocycles. The van der Waals surface area contributed by atoms with Crippen LogP contribution >= 0.6 is 23.5 Å². The Kier molecular flexibility index (Phi) is 9.63. The molecule has 332 valence electrons. The van der Waals surface area contributed by atoms with Crippen LogP contribution in [-0.2, 0) is 0 Å². The molecule has 0 radical (unpaired) electrons. The largest absolute Gasteiger partial charge is 0.339 e. The molecule has 3 nitrogen and oxygen atoms in total. The van der Waals surface area contributed by atoms with Crippen molar-refractivity contribution in [2.24, 2.45) is 29.1 Å². The molecule has 12 aliphatic rings. The Morgan fingerprint density at radius 2 is 1.63 bits per heavy atom. The lowest BCUT2D eigenvalue weighted by molar-refractivity contribution is -0.0172. The Morgan fingerprint density at radius 1 is 0.738 bits per heavy atom. The van der Waals surface area contributed by atoms with E-state index in [1.165, 1.54) is 117 Å². The Hall–Kier alpha value is -3.90. The summed E-state index contributed by atoms with van der Waals surface area (Å²) in [7, 11) is 0. The Labute approximate surface area is 397 Å². The van der Waals surface area contributed by atoms with Gasteiger partial charge in [0.05, 0.1) is 5.69 Å². The zero-order valence-corrected chi connectivity index (χ0v) is 40.2. The molecule has 0 N–H and O–H groups in total. The number of hydrogen-bond donors (Lipinski definition) is 0. The van der Waals surface area contributed by atoms with Crippen molar-refractivity contribution in [3.8, 4) is 0 Å². The first-order chi connectivity index (χ1) is 32.0. The van der Waals surface area contributed by atoms with Gasteiger partial charge in [-0.15, -0.1) is 11.8 Å². The van der Waals surface area contributed by atoms with Gasteiger partial charge in [-0.25, -0.2) is 0 Å². The minimum Gasteiger partial charge on any atom is -0.339 e. The minimum absolute atomic E-state index is 0.183. The summed E-state index contributed by atoms with van der Waals surface area (Å²) in [4.78, 5) is 13.4. The number of anilines is 2. The fourth-order valence-corrected chi connectivity index (χ4v) is 18.0. The summed E-state index contributed by atoms with van der Waals surface area (Å²) >= 11 is 4.25. The van der Waals surface area contributed by atoms with Crippen LogP contribution in [-0.4, -0.2) is 34.3 Å². The highest BCUT2D eigenvalue weighted by Crippen LogP contribution is 2.63. The Balaban J connectivity index is 0.763. The predicted octanol–water partition coefficient (Wildman–Crippen LogP) is 15.3. The number of thioether (sulfide) groups is 2. The van der Waals surface area contributed by atoms with E-state index in [9.17, 15) is 0 Å². The lowest BCUT2D eigenvalue weighted by atomic mass is 9.57. The first-order valence-electron chi connectivity index (χ1n) is 25.9. The second kappa shape index (κ2) is 15.6. The number of hydrogen-bond acceptors (Lipinski definition) is 5. The molecule has 2 aromatic carbocycles. The highest BCUT2D eigenvalue weighted by Gasteiger charge is 2.59. The van der Waals surface area contributed by atoms with E-state index in [2.05, 4.69) is 161 Å². The van der Waals surface area contributed by atoms with Crippen LogP contribution in [0.3, 0.4) is 0 Å². The van der Waals surface area contributed by atoms with Crippen LogP contribution in [0.2, 0.25) is 0 Å². The third-order valence-corrected chi connectivity index (χ3v) is 21.0. The van der Waals surface area contributed by atoms with Gasteiger partial charge in [-0.05, 0) is 179 Å². The zero-order chi connectivity index (χ0) is 43.0. The van der Waals surface area contributed by atoms with Crippen molar-refractivity contribution in [3.05, 3.63) is 170 Å². The maximum absolute atomic E-state index is 3.16. The first kappa shape index (κ1) is 40.2. The van der Waals surface area contributed by atoms with Crippen molar-refractivity contribution in [1.29, 1.82) is 0 Å². The molecule has 2 fully saturated rings. The number of rotatable bonds is 6. The fraction of sp³-hybridized carbons (Fsp3) is 0.467. The first-order valence-corrected chi connectivity index (χ1v) is 27.6. The standard InChI is InChI=1S/C60H65N3S2/c1-60(2)48-17-7-6-16-42(48)44-32-31-43-46(58(44)60)36-53(43)61(41-29-30-45-47(35-41)59(45)63-50-19-9-12-22-55(50)64-56-23-13-10-20-51(56)63)40-27-24-37(25-28-40)38-26-33-52-57(34-38)65-54-21-11-8-18-49(54)62(52)39-14-4-3-5-15-39/h3-6,9,12,14-16,18-19,22,24,29-32,34,40-41,43,45-47,53-54,59H,7-8,10-11,13,17,20-21,23,25-28,33,35-36H2,1-2H3/t40?,41?,43?,45?,46?,47?,53?,54?,59-/m1/s1. The summed E-state index contributed by atoms with van der Waals surface area (Å²) in [5, 5.41) is 0.565. The average Bonchev–Trinajstić information content (AvgIpc) is 4.01. The highest BCUT2D eigenvalue weighted by atomic mass is 32.2. The average molecular weight is 892 g/mol. The van der Waals surface area contributed by atoms with Crippen LogP contribution in [0, 0.1) is 29.1 Å². The molecule has 0 saturated heterocycles. The summed E-state index contributed by atoms with van der Waals surface area (Å²) in [6, 6.07) is 22.9. The Morgan fingerprint density at radius 3 is 2.54 bits per heavy atom. The number of allylic oxidation sites excluding steroid dienone is 14. The maximum atomic E-state index is 3.16. The topological polar surface area (TPSA) is 9.72 Å². The third kappa shape index (κ3) is 6.32. The third-order valence-electron chi connectivity index (χ3n) is 18.4. The highest BCUT2D eigenvalue weighted by molar-refractivity contribution is 8.04. The monoisotopic (exact) mass is 891 g/mol. The molecule has 8 unspecified atom stereocenters. The number of para-hydroxylation sites is 2. The summed E-state index contributed by atoms with van der Waals surface area (Å²) in [5.41, 5.74) is 17.7. The molecule has 2 heterocycles. The van der Waals surface area contributed by atoms with Gasteiger partial charge in [-0.3, -0.25) is 4.90 Å². The molecule has 2 aliphatic heterocycles. The van der Waals surface area contributed by atoms with Crippen molar-refractivity contribution in [3.63, 3.8) is 0 Å². The van der Waals surface area contributed by atoms with E-state index in [0.717, 1.165) is 18.8 Å². The van der Waals surface area contributed by atoms with Gasteiger partial charge in [-0.2, -0.15) is 0 Å². The van der Waals surface area contributed by atoms with Gasteiger partial charge in [0.25, 0.3) is 0 Å². The van der Waals surface area contributed by atoms with Crippen LogP contribution in [0.15, 0.2) is 175 Å². The summed E-state index contributed by atoms with van der Waals surface area (Å²) in [5.74, 6) is 2.70. The fourth-order valence-electron chi connectivity index (χ4n) is 15.3. The summed E-state index contributed by atoms with van der Waals surface area (Å²) in [6.07, 6.45) is 43.6. The van der Waals surface area contributed by atoms with Gasteiger partial charge >= 0.3 is 0 Å². The van der Waals surface area contributed by atoms with Gasteiger partial charge in [0.15, 0.2) is 0 Å². The van der Waals surface area contributed by atoms with E-state index in [1.54, 1.807) is 49.7 Å². The van der Waals surface area contributed by atoms with E-state index in [1.807, 2.05) is 0 Å². The molecule has 14 rings (SSSR count). The molecule has 5 heteroatoms. The second-order valence-electron chi connectivity index (χ2n) is 22.0. The molecule has 0 amide bonds. The molecule has 9 atom stereocenters. The number of benzene rings is 2. The van der Waals surface area contributed by atoms with Gasteiger partial charge in [0.2, 0.25) is 0 Å². The smallest absolute Gasteiger partial charge is 0.0553 e. The van der Waals surface area contributed by atoms with Crippen molar-refractivity contribution in [2.45, 2.75) is 151 Å².